The van der Waals surface area contributed by atoms with Crippen LogP contribution in [0.3, 0.4) is 0 Å². The number of rotatable bonds is 4. The van der Waals surface area contributed by atoms with Crippen molar-refractivity contribution in [2.75, 3.05) is 18.9 Å². The molecular weight excluding hydrogens is 348 g/mol. The number of benzene rings is 1. The molecule has 4 rings (SSSR count). The Balaban J connectivity index is 1.41. The van der Waals surface area contributed by atoms with Crippen molar-refractivity contribution in [2.24, 2.45) is 7.05 Å². The summed E-state index contributed by atoms with van der Waals surface area (Å²) in [5, 5.41) is 9.33. The minimum Gasteiger partial charge on any atom is -0.374 e. The topological polar surface area (TPSA) is 60.2 Å². The molecule has 1 aromatic heterocycles. The van der Waals surface area contributed by atoms with Crippen LogP contribution in [0.15, 0.2) is 35.5 Å². The van der Waals surface area contributed by atoms with Crippen molar-refractivity contribution in [1.29, 1.82) is 0 Å². The number of carbonyl (C=O) groups is 1. The second-order valence-electron chi connectivity index (χ2n) is 6.87. The number of morpholine rings is 1. The van der Waals surface area contributed by atoms with Gasteiger partial charge >= 0.3 is 0 Å². The van der Waals surface area contributed by atoms with Crippen molar-refractivity contribution < 1.29 is 9.53 Å². The molecule has 138 valence electrons. The van der Waals surface area contributed by atoms with Gasteiger partial charge in [-0.1, -0.05) is 54.9 Å². The van der Waals surface area contributed by atoms with Crippen molar-refractivity contribution in [3.63, 3.8) is 0 Å². The van der Waals surface area contributed by atoms with Gasteiger partial charge in [0.2, 0.25) is 5.91 Å². The molecule has 1 amide bonds. The molecule has 1 saturated heterocycles. The van der Waals surface area contributed by atoms with E-state index in [1.54, 1.807) is 0 Å². The summed E-state index contributed by atoms with van der Waals surface area (Å²) in [5.74, 6) is 1.39. The molecule has 7 heteroatoms. The van der Waals surface area contributed by atoms with Gasteiger partial charge in [-0.15, -0.1) is 10.2 Å². The minimum atomic E-state index is 0.180. The molecule has 2 aliphatic rings. The monoisotopic (exact) mass is 372 g/mol. The highest BCUT2D eigenvalue weighted by Crippen LogP contribution is 2.29. The molecule has 2 atom stereocenters. The second-order valence-corrected chi connectivity index (χ2v) is 7.81. The molecule has 0 bridgehead atoms. The van der Waals surface area contributed by atoms with Gasteiger partial charge in [0, 0.05) is 19.2 Å². The number of carbonyl (C=O) groups excluding carboxylic acids is 1. The van der Waals surface area contributed by atoms with Gasteiger partial charge in [-0.2, -0.15) is 0 Å². The van der Waals surface area contributed by atoms with Crippen LogP contribution in [0.25, 0.3) is 11.4 Å². The highest BCUT2D eigenvalue weighted by molar-refractivity contribution is 7.99. The zero-order valence-corrected chi connectivity index (χ0v) is 15.8. The summed E-state index contributed by atoms with van der Waals surface area (Å²) in [4.78, 5) is 14.8. The molecule has 0 unspecified atom stereocenters. The minimum absolute atomic E-state index is 0.180. The van der Waals surface area contributed by atoms with Crippen LogP contribution in [-0.2, 0) is 16.6 Å². The second kappa shape index (κ2) is 7.80. The van der Waals surface area contributed by atoms with E-state index in [2.05, 4.69) is 10.2 Å². The van der Waals surface area contributed by atoms with E-state index in [0.29, 0.717) is 18.9 Å². The number of aromatic nitrogens is 3. The summed E-state index contributed by atoms with van der Waals surface area (Å²) >= 11 is 1.46. The first kappa shape index (κ1) is 17.5. The molecule has 1 aromatic carbocycles. The van der Waals surface area contributed by atoms with Gasteiger partial charge < -0.3 is 14.2 Å². The van der Waals surface area contributed by atoms with Gasteiger partial charge in [0.25, 0.3) is 0 Å². The third-order valence-electron chi connectivity index (χ3n) is 5.24. The quantitative estimate of drug-likeness (QED) is 0.773. The van der Waals surface area contributed by atoms with Crippen molar-refractivity contribution in [2.45, 2.75) is 43.0 Å². The summed E-state index contributed by atoms with van der Waals surface area (Å²) in [5.41, 5.74) is 1.03. The van der Waals surface area contributed by atoms with Crippen LogP contribution in [0.2, 0.25) is 0 Å². The van der Waals surface area contributed by atoms with Gasteiger partial charge in [-0.3, -0.25) is 4.79 Å². The van der Waals surface area contributed by atoms with Crippen LogP contribution < -0.4 is 0 Å². The molecule has 0 N–H and O–H groups in total. The Morgan fingerprint density at radius 2 is 2.04 bits per heavy atom. The van der Waals surface area contributed by atoms with E-state index in [1.165, 1.54) is 24.6 Å². The fraction of sp³-hybridized carbons (Fsp3) is 0.526. The van der Waals surface area contributed by atoms with Gasteiger partial charge in [0.05, 0.1) is 24.5 Å². The summed E-state index contributed by atoms with van der Waals surface area (Å²) in [6.45, 7) is 1.36. The lowest BCUT2D eigenvalue weighted by atomic mass is 9.90. The molecule has 1 saturated carbocycles. The van der Waals surface area contributed by atoms with Crippen LogP contribution in [-0.4, -0.2) is 56.6 Å². The van der Waals surface area contributed by atoms with Crippen molar-refractivity contribution in [3.05, 3.63) is 30.3 Å². The Labute approximate surface area is 157 Å². The molecule has 2 aromatic rings. The largest absolute Gasteiger partial charge is 0.374 e. The number of ether oxygens (including phenoxy) is 1. The third kappa shape index (κ3) is 3.50. The maximum absolute atomic E-state index is 12.8. The van der Waals surface area contributed by atoms with Crippen LogP contribution >= 0.6 is 11.8 Å². The maximum atomic E-state index is 12.8. The van der Waals surface area contributed by atoms with Gasteiger partial charge in [0.15, 0.2) is 11.0 Å². The first-order chi connectivity index (χ1) is 12.7. The van der Waals surface area contributed by atoms with Crippen molar-refractivity contribution in [1.82, 2.24) is 19.7 Å². The van der Waals surface area contributed by atoms with Crippen LogP contribution in [0.5, 0.6) is 0 Å². The maximum Gasteiger partial charge on any atom is 0.233 e. The lowest BCUT2D eigenvalue weighted by Crippen LogP contribution is -2.55. The summed E-state index contributed by atoms with van der Waals surface area (Å²) in [6.07, 6.45) is 4.75. The molecule has 0 spiro atoms. The number of hydrogen-bond acceptors (Lipinski definition) is 5. The molecule has 0 radical (unpaired) electrons. The average Bonchev–Trinajstić information content (AvgIpc) is 3.07. The highest BCUT2D eigenvalue weighted by atomic mass is 32.2. The average molecular weight is 372 g/mol. The zero-order chi connectivity index (χ0) is 17.9. The van der Waals surface area contributed by atoms with E-state index in [9.17, 15) is 4.79 Å². The van der Waals surface area contributed by atoms with E-state index < -0.39 is 0 Å². The Morgan fingerprint density at radius 1 is 1.23 bits per heavy atom. The number of amides is 1. The fourth-order valence-corrected chi connectivity index (χ4v) is 4.69. The Bertz CT molecular complexity index is 762. The smallest absolute Gasteiger partial charge is 0.233 e. The lowest BCUT2D eigenvalue weighted by molar-refractivity contribution is -0.146. The molecule has 1 aliphatic carbocycles. The molecule has 1 aliphatic heterocycles. The molecule has 6 nitrogen and oxygen atoms in total. The number of nitrogens with zero attached hydrogens (tertiary/aromatic N) is 4. The van der Waals surface area contributed by atoms with E-state index in [0.717, 1.165) is 29.4 Å². The number of thioether (sulfide) groups is 1. The number of hydrogen-bond donors (Lipinski definition) is 0. The predicted molar refractivity (Wildman–Crippen MR) is 101 cm³/mol. The number of fused-ring (bicyclic) bond motifs is 1. The third-order valence-corrected chi connectivity index (χ3v) is 6.25. The van der Waals surface area contributed by atoms with E-state index in [4.69, 9.17) is 4.74 Å². The van der Waals surface area contributed by atoms with Gasteiger partial charge in [-0.05, 0) is 12.8 Å². The SMILES string of the molecule is Cn1c(SCC(=O)N2CCO[C@@H]3CCCC[C@@H]32)nnc1-c1ccccc1. The van der Waals surface area contributed by atoms with Crippen molar-refractivity contribution in [3.8, 4) is 11.4 Å². The van der Waals surface area contributed by atoms with Gasteiger partial charge in [-0.25, -0.2) is 0 Å². The normalized spacial score (nSPS) is 22.9. The first-order valence-electron chi connectivity index (χ1n) is 9.23. The summed E-state index contributed by atoms with van der Waals surface area (Å²) < 4.78 is 7.82. The Morgan fingerprint density at radius 3 is 2.88 bits per heavy atom. The van der Waals surface area contributed by atoms with Gasteiger partial charge in [0.1, 0.15) is 0 Å². The first-order valence-corrected chi connectivity index (χ1v) is 10.2. The van der Waals surface area contributed by atoms with Crippen LogP contribution in [0.4, 0.5) is 0 Å². The molecule has 26 heavy (non-hydrogen) atoms. The molecular formula is C19H24N4O2S. The van der Waals surface area contributed by atoms with E-state index in [1.807, 2.05) is 46.8 Å². The Hall–Kier alpha value is -1.86. The highest BCUT2D eigenvalue weighted by Gasteiger charge is 2.36. The molecule has 2 heterocycles. The van der Waals surface area contributed by atoms with Crippen molar-refractivity contribution >= 4 is 17.7 Å². The predicted octanol–water partition coefficient (Wildman–Crippen LogP) is 2.74. The lowest BCUT2D eigenvalue weighted by Gasteiger charge is -2.43. The fourth-order valence-electron chi connectivity index (χ4n) is 3.89. The van der Waals surface area contributed by atoms with Crippen LogP contribution in [0.1, 0.15) is 25.7 Å². The summed E-state index contributed by atoms with van der Waals surface area (Å²) in [7, 11) is 1.95. The van der Waals surface area contributed by atoms with Crippen LogP contribution in [0, 0.1) is 0 Å². The molecule has 2 fully saturated rings. The van der Waals surface area contributed by atoms with E-state index >= 15 is 0 Å². The summed E-state index contributed by atoms with van der Waals surface area (Å²) in [6, 6.07) is 10.2. The standard InChI is InChI=1S/C19H24N4O2S/c1-22-18(14-7-3-2-4-8-14)20-21-19(22)26-13-17(24)23-11-12-25-16-10-6-5-9-15(16)23/h2-4,7-8,15-16H,5-6,9-13H2,1H3/t15-,16+/m0/s1. The Kier molecular flexibility index (Phi) is 5.26. The zero-order valence-electron chi connectivity index (χ0n) is 15.0. The van der Waals surface area contributed by atoms with E-state index in [-0.39, 0.29) is 18.1 Å².